The molecule has 2 aromatic heterocycles. The van der Waals surface area contributed by atoms with Crippen molar-refractivity contribution in [3.05, 3.63) is 69.3 Å². The van der Waals surface area contributed by atoms with Gasteiger partial charge in [-0.05, 0) is 17.9 Å². The summed E-state index contributed by atoms with van der Waals surface area (Å²) in [5.74, 6) is 1.86. The number of carbonyl (C=O) groups excluding carboxylic acids is 1. The van der Waals surface area contributed by atoms with Gasteiger partial charge in [-0.25, -0.2) is 9.97 Å². The zero-order valence-electron chi connectivity index (χ0n) is 17.2. The number of benzene rings is 1. The summed E-state index contributed by atoms with van der Waals surface area (Å²) in [6.07, 6.45) is 2.33. The van der Waals surface area contributed by atoms with E-state index < -0.39 is 0 Å². The fourth-order valence-electron chi connectivity index (χ4n) is 3.41. The number of amides is 1. The number of aromatic nitrogens is 2. The first-order chi connectivity index (χ1) is 14.0. The van der Waals surface area contributed by atoms with Gasteiger partial charge in [0.2, 0.25) is 0 Å². The second-order valence-corrected chi connectivity index (χ2v) is 8.67. The van der Waals surface area contributed by atoms with Crippen LogP contribution < -0.4 is 5.73 Å². The molecule has 4 rings (SSSR count). The van der Waals surface area contributed by atoms with E-state index in [-0.39, 0.29) is 30.3 Å². The van der Waals surface area contributed by atoms with E-state index in [1.807, 2.05) is 23.6 Å². The lowest BCUT2D eigenvalue weighted by Gasteiger charge is -2.24. The van der Waals surface area contributed by atoms with Gasteiger partial charge in [-0.1, -0.05) is 44.2 Å². The first-order valence-electron chi connectivity index (χ1n) is 10.0. The van der Waals surface area contributed by atoms with Crippen LogP contribution in [0.3, 0.4) is 0 Å². The second-order valence-electron chi connectivity index (χ2n) is 7.78. The van der Waals surface area contributed by atoms with Gasteiger partial charge in [0.1, 0.15) is 22.2 Å². The Balaban J connectivity index is 0.00000256. The number of aryl methyl sites for hydroxylation is 2. The summed E-state index contributed by atoms with van der Waals surface area (Å²) in [5.41, 5.74) is 8.76. The molecule has 0 unspecified atom stereocenters. The van der Waals surface area contributed by atoms with E-state index >= 15 is 0 Å². The quantitative estimate of drug-likeness (QED) is 0.613. The summed E-state index contributed by atoms with van der Waals surface area (Å²) in [5, 5.41) is 2.62. The van der Waals surface area contributed by atoms with Gasteiger partial charge in [0, 0.05) is 24.8 Å². The molecule has 0 bridgehead atoms. The predicted octanol–water partition coefficient (Wildman–Crippen LogP) is 4.19. The van der Waals surface area contributed by atoms with E-state index in [1.165, 1.54) is 16.9 Å². The molecule has 3 aromatic rings. The Bertz CT molecular complexity index is 986. The lowest BCUT2D eigenvalue weighted by molar-refractivity contribution is 0.0722. The molecule has 1 aliphatic rings. The molecule has 0 spiro atoms. The SMILES string of the molecule is CC(C)[C@H](N)c1nc(C(=O)N2CCc3oc(CCc4ccccc4)nc3C2)cs1.Cl. The van der Waals surface area contributed by atoms with Gasteiger partial charge in [0.15, 0.2) is 5.89 Å². The zero-order valence-corrected chi connectivity index (χ0v) is 18.8. The minimum Gasteiger partial charge on any atom is -0.445 e. The number of rotatable bonds is 6. The number of fused-ring (bicyclic) bond motifs is 1. The van der Waals surface area contributed by atoms with Gasteiger partial charge in [0.05, 0.1) is 12.6 Å². The summed E-state index contributed by atoms with van der Waals surface area (Å²) in [4.78, 5) is 23.8. The highest BCUT2D eigenvalue weighted by atomic mass is 35.5. The summed E-state index contributed by atoms with van der Waals surface area (Å²) < 4.78 is 5.94. The molecule has 0 fully saturated rings. The summed E-state index contributed by atoms with van der Waals surface area (Å²) in [6, 6.07) is 10.2. The maximum atomic E-state index is 12.9. The molecule has 0 saturated heterocycles. The molecule has 3 heterocycles. The molecule has 0 radical (unpaired) electrons. The topological polar surface area (TPSA) is 85.2 Å². The van der Waals surface area contributed by atoms with Gasteiger partial charge in [0.25, 0.3) is 5.91 Å². The number of halogens is 1. The monoisotopic (exact) mass is 446 g/mol. The Hall–Kier alpha value is -2.22. The minimum absolute atomic E-state index is 0. The average molecular weight is 447 g/mol. The molecular formula is C22H27ClN4O2S. The highest BCUT2D eigenvalue weighted by molar-refractivity contribution is 7.09. The summed E-state index contributed by atoms with van der Waals surface area (Å²) in [6.45, 7) is 5.19. The molecule has 1 amide bonds. The molecule has 0 saturated carbocycles. The van der Waals surface area contributed by atoms with Crippen LogP contribution >= 0.6 is 23.7 Å². The standard InChI is InChI=1S/C22H26N4O2S.ClH/c1-14(2)20(23)21-25-17(13-29-21)22(27)26-11-10-18-16(12-26)24-19(28-18)9-8-15-6-4-3-5-7-15;/h3-7,13-14,20H,8-12,23H2,1-2H3;1H/t20-;/m0./s1. The van der Waals surface area contributed by atoms with Gasteiger partial charge in [-0.15, -0.1) is 23.7 Å². The number of carbonyl (C=O) groups is 1. The predicted molar refractivity (Wildman–Crippen MR) is 120 cm³/mol. The Morgan fingerprint density at radius 3 is 2.73 bits per heavy atom. The largest absolute Gasteiger partial charge is 0.445 e. The van der Waals surface area contributed by atoms with Crippen molar-refractivity contribution in [2.75, 3.05) is 6.54 Å². The number of nitrogens with two attached hydrogens (primary N) is 1. The molecular weight excluding hydrogens is 420 g/mol. The van der Waals surface area contributed by atoms with E-state index in [4.69, 9.17) is 10.2 Å². The van der Waals surface area contributed by atoms with Crippen LogP contribution in [-0.2, 0) is 25.8 Å². The van der Waals surface area contributed by atoms with E-state index in [0.29, 0.717) is 25.2 Å². The Kier molecular flexibility index (Phi) is 7.28. The third kappa shape index (κ3) is 4.91. The Morgan fingerprint density at radius 2 is 2.00 bits per heavy atom. The van der Waals surface area contributed by atoms with Crippen molar-refractivity contribution < 1.29 is 9.21 Å². The molecule has 30 heavy (non-hydrogen) atoms. The first-order valence-corrected chi connectivity index (χ1v) is 10.9. The van der Waals surface area contributed by atoms with Crippen LogP contribution in [0.25, 0.3) is 0 Å². The van der Waals surface area contributed by atoms with Gasteiger partial charge >= 0.3 is 0 Å². The van der Waals surface area contributed by atoms with Crippen LogP contribution in [0, 0.1) is 5.92 Å². The van der Waals surface area contributed by atoms with E-state index in [9.17, 15) is 4.79 Å². The maximum absolute atomic E-state index is 12.9. The number of hydrogen-bond donors (Lipinski definition) is 1. The smallest absolute Gasteiger partial charge is 0.273 e. The number of hydrogen-bond acceptors (Lipinski definition) is 6. The van der Waals surface area contributed by atoms with Crippen LogP contribution in [0.4, 0.5) is 0 Å². The molecule has 2 N–H and O–H groups in total. The third-order valence-corrected chi connectivity index (χ3v) is 6.22. The fourth-order valence-corrected chi connectivity index (χ4v) is 4.38. The van der Waals surface area contributed by atoms with Crippen LogP contribution in [0.15, 0.2) is 40.1 Å². The highest BCUT2D eigenvalue weighted by Crippen LogP contribution is 2.25. The summed E-state index contributed by atoms with van der Waals surface area (Å²) in [7, 11) is 0. The molecule has 6 nitrogen and oxygen atoms in total. The third-order valence-electron chi connectivity index (χ3n) is 5.27. The number of oxazole rings is 1. The van der Waals surface area contributed by atoms with Crippen molar-refractivity contribution in [2.45, 2.75) is 45.7 Å². The molecule has 160 valence electrons. The van der Waals surface area contributed by atoms with Crippen LogP contribution in [-0.4, -0.2) is 27.3 Å². The zero-order chi connectivity index (χ0) is 20.4. The molecule has 8 heteroatoms. The maximum Gasteiger partial charge on any atom is 0.273 e. The second kappa shape index (κ2) is 9.73. The lowest BCUT2D eigenvalue weighted by Crippen LogP contribution is -2.36. The normalized spacial score (nSPS) is 14.3. The number of thiazole rings is 1. The van der Waals surface area contributed by atoms with Crippen molar-refractivity contribution in [1.82, 2.24) is 14.9 Å². The van der Waals surface area contributed by atoms with Crippen molar-refractivity contribution in [2.24, 2.45) is 11.7 Å². The first kappa shape index (κ1) is 22.5. The summed E-state index contributed by atoms with van der Waals surface area (Å²) >= 11 is 1.45. The Morgan fingerprint density at radius 1 is 1.23 bits per heavy atom. The van der Waals surface area contributed by atoms with Crippen LogP contribution in [0.5, 0.6) is 0 Å². The van der Waals surface area contributed by atoms with Gasteiger partial charge in [-0.2, -0.15) is 0 Å². The van der Waals surface area contributed by atoms with Crippen molar-refractivity contribution >= 4 is 29.7 Å². The van der Waals surface area contributed by atoms with E-state index in [1.54, 1.807) is 4.90 Å². The Labute approximate surface area is 186 Å². The van der Waals surface area contributed by atoms with Crippen LogP contribution in [0.2, 0.25) is 0 Å². The van der Waals surface area contributed by atoms with Gasteiger partial charge < -0.3 is 15.1 Å². The molecule has 1 aliphatic heterocycles. The van der Waals surface area contributed by atoms with Gasteiger partial charge in [-0.3, -0.25) is 4.79 Å². The molecule has 0 aliphatic carbocycles. The molecule has 1 aromatic carbocycles. The fraction of sp³-hybridized carbons (Fsp3) is 0.409. The average Bonchev–Trinajstić information content (AvgIpc) is 3.38. The van der Waals surface area contributed by atoms with Crippen molar-refractivity contribution in [3.8, 4) is 0 Å². The lowest BCUT2D eigenvalue weighted by atomic mass is 10.1. The minimum atomic E-state index is -0.141. The van der Waals surface area contributed by atoms with E-state index in [2.05, 4.69) is 35.9 Å². The highest BCUT2D eigenvalue weighted by Gasteiger charge is 2.28. The van der Waals surface area contributed by atoms with Crippen molar-refractivity contribution in [3.63, 3.8) is 0 Å². The number of nitrogens with zero attached hydrogens (tertiary/aromatic N) is 3. The molecule has 1 atom stereocenters. The van der Waals surface area contributed by atoms with Crippen LogP contribution in [0.1, 0.15) is 58.3 Å². The van der Waals surface area contributed by atoms with Crippen molar-refractivity contribution in [1.29, 1.82) is 0 Å². The van der Waals surface area contributed by atoms with E-state index in [0.717, 1.165) is 35.2 Å².